The number of rotatable bonds is 5. The van der Waals surface area contributed by atoms with Crippen molar-refractivity contribution in [3.8, 4) is 0 Å². The first kappa shape index (κ1) is 17.3. The molecule has 2 N–H and O–H groups in total. The van der Waals surface area contributed by atoms with Crippen LogP contribution in [0.5, 0.6) is 0 Å². The minimum absolute atomic E-state index is 0.149. The summed E-state index contributed by atoms with van der Waals surface area (Å²) in [6.07, 6.45) is 1.97. The van der Waals surface area contributed by atoms with Gasteiger partial charge >= 0.3 is 12.0 Å². The number of nitrogens with one attached hydrogen (secondary N) is 1. The molecular formula is C14H25N3O4. The smallest absolute Gasteiger partial charge is 0.326 e. The van der Waals surface area contributed by atoms with Crippen LogP contribution in [0.3, 0.4) is 0 Å². The van der Waals surface area contributed by atoms with Crippen LogP contribution in [-0.4, -0.2) is 64.5 Å². The molecule has 1 atom stereocenters. The third-order valence-corrected chi connectivity index (χ3v) is 3.89. The van der Waals surface area contributed by atoms with Gasteiger partial charge in [-0.25, -0.2) is 9.59 Å². The van der Waals surface area contributed by atoms with E-state index < -0.39 is 23.6 Å². The monoisotopic (exact) mass is 299 g/mol. The molecule has 7 heteroatoms. The third kappa shape index (κ3) is 3.86. The first-order valence-corrected chi connectivity index (χ1v) is 7.28. The van der Waals surface area contributed by atoms with Gasteiger partial charge in [-0.3, -0.25) is 4.79 Å². The topological polar surface area (TPSA) is 90.0 Å². The minimum Gasteiger partial charge on any atom is -0.480 e. The van der Waals surface area contributed by atoms with Gasteiger partial charge in [0.15, 0.2) is 0 Å². The van der Waals surface area contributed by atoms with Gasteiger partial charge in [-0.1, -0.05) is 19.8 Å². The standard InChI is InChI=1S/C14H25N3O4/c1-5-6-7-10(11(18)19)15-13(21)17-9-8-16(4)12(20)14(17,2)3/h10H,5-9H2,1-4H3,(H,15,21)(H,18,19). The lowest BCUT2D eigenvalue weighted by atomic mass is 9.98. The summed E-state index contributed by atoms with van der Waals surface area (Å²) in [6, 6.07) is -1.41. The van der Waals surface area contributed by atoms with Crippen molar-refractivity contribution in [1.82, 2.24) is 15.1 Å². The molecule has 0 saturated carbocycles. The molecule has 0 aromatic carbocycles. The number of carboxylic acids is 1. The van der Waals surface area contributed by atoms with E-state index in [1.54, 1.807) is 25.8 Å². The number of amides is 3. The number of hydrogen-bond donors (Lipinski definition) is 2. The molecule has 3 amide bonds. The van der Waals surface area contributed by atoms with Gasteiger partial charge < -0.3 is 20.2 Å². The summed E-state index contributed by atoms with van der Waals surface area (Å²) in [4.78, 5) is 38.7. The molecule has 0 spiro atoms. The highest BCUT2D eigenvalue weighted by atomic mass is 16.4. The van der Waals surface area contributed by atoms with E-state index in [-0.39, 0.29) is 5.91 Å². The summed E-state index contributed by atoms with van der Waals surface area (Å²) < 4.78 is 0. The molecule has 0 aromatic rings. The molecule has 1 heterocycles. The van der Waals surface area contributed by atoms with Crippen molar-refractivity contribution in [2.24, 2.45) is 0 Å². The van der Waals surface area contributed by atoms with Crippen LogP contribution in [0, 0.1) is 0 Å². The van der Waals surface area contributed by atoms with E-state index in [0.717, 1.165) is 12.8 Å². The third-order valence-electron chi connectivity index (χ3n) is 3.89. The van der Waals surface area contributed by atoms with E-state index >= 15 is 0 Å². The number of carbonyl (C=O) groups excluding carboxylic acids is 2. The summed E-state index contributed by atoms with van der Waals surface area (Å²) in [5, 5.41) is 11.7. The summed E-state index contributed by atoms with van der Waals surface area (Å²) in [5.41, 5.74) is -0.967. The number of carbonyl (C=O) groups is 3. The van der Waals surface area contributed by atoms with Crippen LogP contribution >= 0.6 is 0 Å². The molecule has 1 unspecified atom stereocenters. The highest BCUT2D eigenvalue weighted by Gasteiger charge is 2.43. The molecule has 0 aromatic heterocycles. The Morgan fingerprint density at radius 2 is 2.00 bits per heavy atom. The van der Waals surface area contributed by atoms with Crippen molar-refractivity contribution >= 4 is 17.9 Å². The molecule has 0 bridgehead atoms. The second-order valence-electron chi connectivity index (χ2n) is 5.92. The number of carboxylic acid groups (broad SMARTS) is 1. The Kier molecular flexibility index (Phi) is 5.57. The molecule has 7 nitrogen and oxygen atoms in total. The van der Waals surface area contributed by atoms with Crippen LogP contribution in [0.1, 0.15) is 40.0 Å². The Bertz CT molecular complexity index is 422. The highest BCUT2D eigenvalue weighted by molar-refractivity contribution is 5.92. The maximum Gasteiger partial charge on any atom is 0.326 e. The highest BCUT2D eigenvalue weighted by Crippen LogP contribution is 2.21. The van der Waals surface area contributed by atoms with Crippen LogP contribution in [0.2, 0.25) is 0 Å². The van der Waals surface area contributed by atoms with Gasteiger partial charge in [0, 0.05) is 20.1 Å². The summed E-state index contributed by atoms with van der Waals surface area (Å²) in [5.74, 6) is -1.20. The number of unbranched alkanes of at least 4 members (excludes halogenated alkanes) is 1. The lowest BCUT2D eigenvalue weighted by molar-refractivity contribution is -0.144. The van der Waals surface area contributed by atoms with Crippen molar-refractivity contribution in [2.75, 3.05) is 20.1 Å². The van der Waals surface area contributed by atoms with E-state index in [1.165, 1.54) is 4.90 Å². The molecular weight excluding hydrogens is 274 g/mol. The van der Waals surface area contributed by atoms with Crippen LogP contribution in [0.25, 0.3) is 0 Å². The van der Waals surface area contributed by atoms with E-state index in [2.05, 4.69) is 5.32 Å². The Balaban J connectivity index is 2.77. The molecule has 1 aliphatic heterocycles. The summed E-state index contributed by atoms with van der Waals surface area (Å²) in [7, 11) is 1.70. The van der Waals surface area contributed by atoms with Gasteiger partial charge in [-0.2, -0.15) is 0 Å². The maximum absolute atomic E-state index is 12.3. The van der Waals surface area contributed by atoms with E-state index in [0.29, 0.717) is 19.5 Å². The first-order valence-electron chi connectivity index (χ1n) is 7.28. The Morgan fingerprint density at radius 3 is 2.52 bits per heavy atom. The van der Waals surface area contributed by atoms with Crippen LogP contribution in [-0.2, 0) is 9.59 Å². The van der Waals surface area contributed by atoms with Crippen molar-refractivity contribution < 1.29 is 19.5 Å². The van der Waals surface area contributed by atoms with Gasteiger partial charge in [0.2, 0.25) is 5.91 Å². The zero-order valence-electron chi connectivity index (χ0n) is 13.2. The molecule has 0 aliphatic carbocycles. The largest absolute Gasteiger partial charge is 0.480 e. The lowest BCUT2D eigenvalue weighted by Crippen LogP contribution is -2.66. The van der Waals surface area contributed by atoms with Gasteiger partial charge in [0.05, 0.1) is 0 Å². The van der Waals surface area contributed by atoms with Gasteiger partial charge in [0.25, 0.3) is 0 Å². The lowest BCUT2D eigenvalue weighted by Gasteiger charge is -2.44. The summed E-state index contributed by atoms with van der Waals surface area (Å²) in [6.45, 7) is 6.14. The zero-order valence-corrected chi connectivity index (χ0v) is 13.2. The minimum atomic E-state index is -1.05. The number of piperazine rings is 1. The van der Waals surface area contributed by atoms with Crippen molar-refractivity contribution in [3.63, 3.8) is 0 Å². The second kappa shape index (κ2) is 6.78. The fourth-order valence-electron chi connectivity index (χ4n) is 2.46. The molecule has 21 heavy (non-hydrogen) atoms. The second-order valence-corrected chi connectivity index (χ2v) is 5.92. The SMILES string of the molecule is CCCCC(NC(=O)N1CCN(C)C(=O)C1(C)C)C(=O)O. The van der Waals surface area contributed by atoms with E-state index in [1.807, 2.05) is 6.92 Å². The zero-order chi connectivity index (χ0) is 16.2. The maximum atomic E-state index is 12.3. The Morgan fingerprint density at radius 1 is 1.38 bits per heavy atom. The number of urea groups is 1. The summed E-state index contributed by atoms with van der Waals surface area (Å²) >= 11 is 0. The average Bonchev–Trinajstić information content (AvgIpc) is 2.40. The average molecular weight is 299 g/mol. The quantitative estimate of drug-likeness (QED) is 0.789. The van der Waals surface area contributed by atoms with Crippen molar-refractivity contribution in [3.05, 3.63) is 0 Å². The van der Waals surface area contributed by atoms with Gasteiger partial charge in [0.1, 0.15) is 11.6 Å². The number of hydrogen-bond acceptors (Lipinski definition) is 3. The Labute approximate surface area is 125 Å². The fraction of sp³-hybridized carbons (Fsp3) is 0.786. The number of nitrogens with zero attached hydrogens (tertiary/aromatic N) is 2. The van der Waals surface area contributed by atoms with Crippen LogP contribution in [0.15, 0.2) is 0 Å². The van der Waals surface area contributed by atoms with Crippen LogP contribution in [0.4, 0.5) is 4.79 Å². The fourth-order valence-corrected chi connectivity index (χ4v) is 2.46. The molecule has 120 valence electrons. The Hall–Kier alpha value is -1.79. The van der Waals surface area contributed by atoms with Crippen molar-refractivity contribution in [1.29, 1.82) is 0 Å². The molecule has 1 saturated heterocycles. The predicted octanol–water partition coefficient (Wildman–Crippen LogP) is 0.892. The number of likely N-dealkylation sites (N-methyl/N-ethyl adjacent to an activating group) is 1. The van der Waals surface area contributed by atoms with Crippen molar-refractivity contribution in [2.45, 2.75) is 51.6 Å². The normalized spacial score (nSPS) is 19.3. The number of aliphatic carboxylic acids is 1. The predicted molar refractivity (Wildman–Crippen MR) is 77.9 cm³/mol. The first-order chi connectivity index (χ1) is 9.71. The van der Waals surface area contributed by atoms with Gasteiger partial charge in [-0.05, 0) is 20.3 Å². The van der Waals surface area contributed by atoms with E-state index in [4.69, 9.17) is 5.11 Å². The van der Waals surface area contributed by atoms with E-state index in [9.17, 15) is 14.4 Å². The van der Waals surface area contributed by atoms with Crippen LogP contribution < -0.4 is 5.32 Å². The molecule has 1 fully saturated rings. The van der Waals surface area contributed by atoms with Gasteiger partial charge in [-0.15, -0.1) is 0 Å². The molecule has 1 rings (SSSR count). The molecule has 0 radical (unpaired) electrons. The molecule has 1 aliphatic rings.